The van der Waals surface area contributed by atoms with Crippen molar-refractivity contribution in [2.45, 2.75) is 56.4 Å². The van der Waals surface area contributed by atoms with Crippen LogP contribution >= 0.6 is 11.6 Å². The van der Waals surface area contributed by atoms with Gasteiger partial charge >= 0.3 is 0 Å². The number of nitrogens with zero attached hydrogens (tertiary/aromatic N) is 1. The monoisotopic (exact) mass is 349 g/mol. The maximum Gasteiger partial charge on any atom is 0.188 e. The normalized spacial score (nSPS) is 22.3. The molecule has 3 rings (SSSR count). The van der Waals surface area contributed by atoms with E-state index in [0.717, 1.165) is 31.1 Å². The highest BCUT2D eigenvalue weighted by Crippen LogP contribution is 2.38. The number of halogens is 1. The van der Waals surface area contributed by atoms with Gasteiger partial charge in [0, 0.05) is 29.7 Å². The van der Waals surface area contributed by atoms with Gasteiger partial charge in [-0.05, 0) is 37.3 Å². The van der Waals surface area contributed by atoms with E-state index in [4.69, 9.17) is 27.1 Å². The molecule has 1 aromatic rings. The van der Waals surface area contributed by atoms with Gasteiger partial charge in [-0.2, -0.15) is 0 Å². The van der Waals surface area contributed by atoms with Gasteiger partial charge in [-0.1, -0.05) is 49.1 Å². The molecule has 3 N–H and O–H groups in total. The van der Waals surface area contributed by atoms with Crippen molar-refractivity contribution in [1.29, 1.82) is 0 Å². The number of aliphatic imine (C=N–C) groups is 1. The van der Waals surface area contributed by atoms with Crippen LogP contribution in [0.1, 0.15) is 50.5 Å². The van der Waals surface area contributed by atoms with Crippen molar-refractivity contribution >= 4 is 17.6 Å². The lowest BCUT2D eigenvalue weighted by Crippen LogP contribution is -2.43. The minimum Gasteiger partial charge on any atom is -0.381 e. The number of guanidine groups is 1. The number of benzene rings is 1. The molecule has 0 atom stereocenters. The molecule has 1 saturated carbocycles. The Morgan fingerprint density at radius 3 is 2.62 bits per heavy atom. The molecule has 132 valence electrons. The number of rotatable bonds is 4. The summed E-state index contributed by atoms with van der Waals surface area (Å²) in [6.07, 6.45) is 8.15. The first-order valence-electron chi connectivity index (χ1n) is 9.09. The Morgan fingerprint density at radius 2 is 1.92 bits per heavy atom. The van der Waals surface area contributed by atoms with Crippen molar-refractivity contribution in [1.82, 2.24) is 5.32 Å². The minimum absolute atomic E-state index is 0.0740. The lowest BCUT2D eigenvalue weighted by atomic mass is 9.74. The molecule has 2 aliphatic rings. The highest BCUT2D eigenvalue weighted by Gasteiger charge is 2.36. The predicted molar refractivity (Wildman–Crippen MR) is 99.7 cm³/mol. The first-order chi connectivity index (χ1) is 11.7. The van der Waals surface area contributed by atoms with Crippen LogP contribution in [0.5, 0.6) is 0 Å². The number of ether oxygens (including phenoxy) is 1. The quantitative estimate of drug-likeness (QED) is 0.644. The fourth-order valence-corrected chi connectivity index (χ4v) is 4.24. The zero-order valence-corrected chi connectivity index (χ0v) is 15.0. The molecule has 1 aromatic carbocycles. The van der Waals surface area contributed by atoms with E-state index in [1.54, 1.807) is 0 Å². The molecule has 1 saturated heterocycles. The topological polar surface area (TPSA) is 59.6 Å². The van der Waals surface area contributed by atoms with E-state index in [0.29, 0.717) is 18.5 Å². The van der Waals surface area contributed by atoms with E-state index in [1.807, 2.05) is 18.2 Å². The number of nitrogens with two attached hydrogens (primary N) is 1. The largest absolute Gasteiger partial charge is 0.381 e. The molecule has 0 unspecified atom stereocenters. The molecule has 1 aliphatic heterocycles. The van der Waals surface area contributed by atoms with Crippen LogP contribution in [0.2, 0.25) is 5.02 Å². The molecule has 0 bridgehead atoms. The zero-order valence-electron chi connectivity index (χ0n) is 14.3. The van der Waals surface area contributed by atoms with Crippen LogP contribution in [-0.4, -0.2) is 31.8 Å². The summed E-state index contributed by atoms with van der Waals surface area (Å²) >= 11 is 6.48. The van der Waals surface area contributed by atoms with Gasteiger partial charge in [0.25, 0.3) is 0 Å². The van der Waals surface area contributed by atoms with Gasteiger partial charge in [-0.3, -0.25) is 4.99 Å². The van der Waals surface area contributed by atoms with Crippen molar-refractivity contribution in [3.05, 3.63) is 34.9 Å². The smallest absolute Gasteiger partial charge is 0.188 e. The first-order valence-corrected chi connectivity index (χ1v) is 9.47. The first kappa shape index (κ1) is 17.6. The van der Waals surface area contributed by atoms with Crippen LogP contribution in [0, 0.1) is 0 Å². The van der Waals surface area contributed by atoms with Gasteiger partial charge < -0.3 is 15.8 Å². The van der Waals surface area contributed by atoms with Crippen LogP contribution in [0.25, 0.3) is 0 Å². The summed E-state index contributed by atoms with van der Waals surface area (Å²) in [5.74, 6) is 0.569. The van der Waals surface area contributed by atoms with Crippen molar-refractivity contribution < 1.29 is 4.74 Å². The lowest BCUT2D eigenvalue weighted by molar-refractivity contribution is 0.0531. The average molecular weight is 350 g/mol. The molecular weight excluding hydrogens is 322 g/mol. The van der Waals surface area contributed by atoms with Crippen molar-refractivity contribution in [2.75, 3.05) is 19.8 Å². The van der Waals surface area contributed by atoms with Crippen LogP contribution < -0.4 is 11.1 Å². The van der Waals surface area contributed by atoms with Crippen LogP contribution in [0.15, 0.2) is 29.3 Å². The molecule has 4 nitrogen and oxygen atoms in total. The molecule has 0 aromatic heterocycles. The van der Waals surface area contributed by atoms with Crippen molar-refractivity contribution in [3.63, 3.8) is 0 Å². The van der Waals surface area contributed by atoms with Crippen LogP contribution in [0.4, 0.5) is 0 Å². The Hall–Kier alpha value is -1.26. The Balaban J connectivity index is 1.72. The van der Waals surface area contributed by atoms with Gasteiger partial charge in [0.1, 0.15) is 0 Å². The number of hydrogen-bond donors (Lipinski definition) is 2. The highest BCUT2D eigenvalue weighted by molar-refractivity contribution is 6.31. The van der Waals surface area contributed by atoms with Gasteiger partial charge in [0.15, 0.2) is 5.96 Å². The Labute approximate surface area is 149 Å². The van der Waals surface area contributed by atoms with E-state index in [2.05, 4.69) is 11.4 Å². The Bertz CT molecular complexity index is 563. The average Bonchev–Trinajstić information content (AvgIpc) is 2.62. The van der Waals surface area contributed by atoms with E-state index in [-0.39, 0.29) is 5.41 Å². The van der Waals surface area contributed by atoms with Crippen molar-refractivity contribution in [3.8, 4) is 0 Å². The van der Waals surface area contributed by atoms with E-state index in [9.17, 15) is 0 Å². The fraction of sp³-hybridized carbons (Fsp3) is 0.632. The zero-order chi connectivity index (χ0) is 16.8. The van der Waals surface area contributed by atoms with Crippen molar-refractivity contribution in [2.24, 2.45) is 10.7 Å². The molecule has 1 aliphatic carbocycles. The lowest BCUT2D eigenvalue weighted by Gasteiger charge is -2.37. The van der Waals surface area contributed by atoms with Gasteiger partial charge in [0.2, 0.25) is 0 Å². The van der Waals surface area contributed by atoms with Gasteiger partial charge in [-0.15, -0.1) is 0 Å². The third-order valence-electron chi connectivity index (χ3n) is 5.40. The molecule has 0 amide bonds. The molecule has 0 radical (unpaired) electrons. The highest BCUT2D eigenvalue weighted by atomic mass is 35.5. The molecule has 24 heavy (non-hydrogen) atoms. The van der Waals surface area contributed by atoms with Gasteiger partial charge in [-0.25, -0.2) is 0 Å². The van der Waals surface area contributed by atoms with E-state index < -0.39 is 0 Å². The molecule has 0 spiro atoms. The summed E-state index contributed by atoms with van der Waals surface area (Å²) in [6.45, 7) is 2.15. The second-order valence-corrected chi connectivity index (χ2v) is 7.46. The van der Waals surface area contributed by atoms with E-state index in [1.165, 1.54) is 37.7 Å². The van der Waals surface area contributed by atoms with Crippen LogP contribution in [0.3, 0.4) is 0 Å². The Kier molecular flexibility index (Phi) is 6.01. The maximum atomic E-state index is 6.48. The SMILES string of the molecule is NC(=NCC1(c2ccccc2Cl)CCOCC1)NC1CCCCC1. The summed E-state index contributed by atoms with van der Waals surface area (Å²) in [5.41, 5.74) is 7.27. The standard InChI is InChI=1S/C19H28ClN3O/c20-17-9-5-4-8-16(17)19(10-12-24-13-11-19)14-22-18(21)23-15-6-2-1-3-7-15/h4-5,8-9,15H,1-3,6-7,10-14H2,(H3,21,22,23). The molecular formula is C19H28ClN3O. The Morgan fingerprint density at radius 1 is 1.21 bits per heavy atom. The third kappa shape index (κ3) is 4.22. The summed E-state index contributed by atoms with van der Waals surface area (Å²) in [7, 11) is 0. The molecule has 5 heteroatoms. The molecule has 1 heterocycles. The minimum atomic E-state index is -0.0740. The summed E-state index contributed by atoms with van der Waals surface area (Å²) in [5, 5.41) is 4.22. The number of hydrogen-bond acceptors (Lipinski definition) is 2. The third-order valence-corrected chi connectivity index (χ3v) is 5.73. The fourth-order valence-electron chi connectivity index (χ4n) is 3.90. The van der Waals surface area contributed by atoms with Gasteiger partial charge in [0.05, 0.1) is 6.54 Å². The predicted octanol–water partition coefficient (Wildman–Crippen LogP) is 3.63. The van der Waals surface area contributed by atoms with E-state index >= 15 is 0 Å². The maximum absolute atomic E-state index is 6.48. The number of nitrogens with one attached hydrogen (secondary N) is 1. The summed E-state index contributed by atoms with van der Waals surface area (Å²) < 4.78 is 5.58. The second-order valence-electron chi connectivity index (χ2n) is 7.05. The second kappa shape index (κ2) is 8.21. The van der Waals surface area contributed by atoms with Crippen LogP contribution in [-0.2, 0) is 10.2 Å². The summed E-state index contributed by atoms with van der Waals surface area (Å²) in [6, 6.07) is 8.58. The summed E-state index contributed by atoms with van der Waals surface area (Å²) in [4.78, 5) is 4.70. The molecule has 2 fully saturated rings.